The Hall–Kier alpha value is -1.06. The van der Waals surface area contributed by atoms with Crippen LogP contribution in [0.4, 0.5) is 0 Å². The van der Waals surface area contributed by atoms with E-state index in [2.05, 4.69) is 13.0 Å². The van der Waals surface area contributed by atoms with Gasteiger partial charge in [0.15, 0.2) is 0 Å². The Labute approximate surface area is 90.2 Å². The minimum atomic E-state index is 0.316. The summed E-state index contributed by atoms with van der Waals surface area (Å²) in [5, 5.41) is 0. The highest BCUT2D eigenvalue weighted by atomic mass is 16.5. The number of hydrogen-bond acceptors (Lipinski definition) is 3. The largest absolute Gasteiger partial charge is 0.496 e. The van der Waals surface area contributed by atoms with Crippen LogP contribution in [0.2, 0.25) is 0 Å². The van der Waals surface area contributed by atoms with Crippen LogP contribution in [0.15, 0.2) is 12.1 Å². The summed E-state index contributed by atoms with van der Waals surface area (Å²) < 4.78 is 10.8. The van der Waals surface area contributed by atoms with Crippen molar-refractivity contribution in [1.29, 1.82) is 0 Å². The Morgan fingerprint density at radius 3 is 2.93 bits per heavy atom. The van der Waals surface area contributed by atoms with Crippen LogP contribution in [0.5, 0.6) is 5.75 Å². The van der Waals surface area contributed by atoms with Gasteiger partial charge in [-0.25, -0.2) is 0 Å². The molecule has 0 amide bonds. The Kier molecular flexibility index (Phi) is 2.93. The average molecular weight is 207 g/mol. The molecule has 1 aliphatic rings. The highest BCUT2D eigenvalue weighted by molar-refractivity contribution is 5.48. The summed E-state index contributed by atoms with van der Waals surface area (Å²) in [5.74, 6) is 1.24. The van der Waals surface area contributed by atoms with Gasteiger partial charge in [0.2, 0.25) is 0 Å². The molecule has 0 saturated carbocycles. The quantitative estimate of drug-likeness (QED) is 0.821. The first-order chi connectivity index (χ1) is 7.27. The smallest absolute Gasteiger partial charge is 0.122 e. The van der Waals surface area contributed by atoms with Gasteiger partial charge in [0, 0.05) is 5.56 Å². The summed E-state index contributed by atoms with van der Waals surface area (Å²) in [7, 11) is 1.70. The van der Waals surface area contributed by atoms with Gasteiger partial charge in [-0.3, -0.25) is 0 Å². The summed E-state index contributed by atoms with van der Waals surface area (Å²) in [5.41, 5.74) is 9.48. The Morgan fingerprint density at radius 2 is 2.27 bits per heavy atom. The van der Waals surface area contributed by atoms with Gasteiger partial charge in [-0.05, 0) is 29.7 Å². The fraction of sp³-hybridized carbons (Fsp3) is 0.500. The topological polar surface area (TPSA) is 44.5 Å². The van der Waals surface area contributed by atoms with Gasteiger partial charge in [0.1, 0.15) is 5.75 Å². The second-order valence-corrected chi connectivity index (χ2v) is 3.95. The molecule has 3 heteroatoms. The molecule has 0 aromatic heterocycles. The lowest BCUT2D eigenvalue weighted by atomic mass is 9.92. The normalized spacial score (nSPS) is 16.2. The fourth-order valence-corrected chi connectivity index (χ4v) is 2.09. The minimum absolute atomic E-state index is 0.316. The van der Waals surface area contributed by atoms with Gasteiger partial charge in [0.05, 0.1) is 20.3 Å². The number of fused-ring (bicyclic) bond motifs is 1. The van der Waals surface area contributed by atoms with Gasteiger partial charge in [-0.2, -0.15) is 0 Å². The lowest BCUT2D eigenvalue weighted by Gasteiger charge is -2.17. The Morgan fingerprint density at radius 1 is 1.47 bits per heavy atom. The Bertz CT molecular complexity index is 363. The molecule has 0 fully saturated rings. The maximum Gasteiger partial charge on any atom is 0.122 e. The van der Waals surface area contributed by atoms with E-state index in [1.54, 1.807) is 7.11 Å². The summed E-state index contributed by atoms with van der Waals surface area (Å²) in [6.45, 7) is 4.15. The molecular formula is C12H17NO2. The van der Waals surface area contributed by atoms with Crippen LogP contribution in [0.3, 0.4) is 0 Å². The van der Waals surface area contributed by atoms with E-state index in [0.717, 1.165) is 5.75 Å². The summed E-state index contributed by atoms with van der Waals surface area (Å²) in [6, 6.07) is 4.09. The van der Waals surface area contributed by atoms with E-state index in [-0.39, 0.29) is 0 Å². The van der Waals surface area contributed by atoms with Crippen molar-refractivity contribution in [2.75, 3.05) is 13.7 Å². The third kappa shape index (κ3) is 1.73. The molecule has 3 nitrogen and oxygen atoms in total. The van der Waals surface area contributed by atoms with Crippen LogP contribution < -0.4 is 10.5 Å². The first kappa shape index (κ1) is 10.5. The van der Waals surface area contributed by atoms with Gasteiger partial charge in [-0.15, -0.1) is 0 Å². The standard InChI is InChI=1S/C12H17NO2/c1-8(5-13)12-10-7-15-6-9(10)3-4-11(12)14-2/h3-4,8H,5-7,13H2,1-2H3. The number of methoxy groups -OCH3 is 1. The van der Waals surface area contributed by atoms with Crippen molar-refractivity contribution in [3.05, 3.63) is 28.8 Å². The average Bonchev–Trinajstić information content (AvgIpc) is 2.74. The van der Waals surface area contributed by atoms with Crippen molar-refractivity contribution in [3.8, 4) is 5.75 Å². The lowest BCUT2D eigenvalue weighted by molar-refractivity contribution is 0.134. The van der Waals surface area contributed by atoms with E-state index in [0.29, 0.717) is 25.7 Å². The van der Waals surface area contributed by atoms with Gasteiger partial charge in [-0.1, -0.05) is 13.0 Å². The molecule has 1 heterocycles. The molecule has 2 N–H and O–H groups in total. The molecular weight excluding hydrogens is 190 g/mol. The molecule has 1 atom stereocenters. The van der Waals surface area contributed by atoms with Crippen LogP contribution in [-0.2, 0) is 18.0 Å². The predicted octanol–water partition coefficient (Wildman–Crippen LogP) is 1.79. The number of hydrogen-bond donors (Lipinski definition) is 1. The molecule has 0 saturated heterocycles. The van der Waals surface area contributed by atoms with Crippen LogP contribution >= 0.6 is 0 Å². The molecule has 82 valence electrons. The van der Waals surface area contributed by atoms with E-state index < -0.39 is 0 Å². The van der Waals surface area contributed by atoms with Crippen LogP contribution in [-0.4, -0.2) is 13.7 Å². The number of ether oxygens (including phenoxy) is 2. The van der Waals surface area contributed by atoms with E-state index >= 15 is 0 Å². The van der Waals surface area contributed by atoms with Crippen molar-refractivity contribution in [1.82, 2.24) is 0 Å². The zero-order valence-electron chi connectivity index (χ0n) is 9.25. The molecule has 1 aromatic rings. The van der Waals surface area contributed by atoms with E-state index in [1.165, 1.54) is 16.7 Å². The van der Waals surface area contributed by atoms with Crippen molar-refractivity contribution >= 4 is 0 Å². The monoisotopic (exact) mass is 207 g/mol. The highest BCUT2D eigenvalue weighted by Gasteiger charge is 2.21. The molecule has 0 radical (unpaired) electrons. The summed E-state index contributed by atoms with van der Waals surface area (Å²) >= 11 is 0. The molecule has 0 bridgehead atoms. The van der Waals surface area contributed by atoms with E-state index in [9.17, 15) is 0 Å². The molecule has 2 rings (SSSR count). The highest BCUT2D eigenvalue weighted by Crippen LogP contribution is 2.35. The second kappa shape index (κ2) is 4.21. The molecule has 15 heavy (non-hydrogen) atoms. The van der Waals surface area contributed by atoms with Crippen molar-refractivity contribution in [2.24, 2.45) is 5.73 Å². The zero-order valence-corrected chi connectivity index (χ0v) is 9.25. The first-order valence-electron chi connectivity index (χ1n) is 5.24. The number of nitrogens with two attached hydrogens (primary N) is 1. The van der Waals surface area contributed by atoms with Gasteiger partial charge in [0.25, 0.3) is 0 Å². The molecule has 0 aliphatic carbocycles. The number of rotatable bonds is 3. The summed E-state index contributed by atoms with van der Waals surface area (Å²) in [4.78, 5) is 0. The third-order valence-corrected chi connectivity index (χ3v) is 2.98. The van der Waals surface area contributed by atoms with E-state index in [4.69, 9.17) is 15.2 Å². The van der Waals surface area contributed by atoms with E-state index in [1.807, 2.05) is 6.07 Å². The van der Waals surface area contributed by atoms with Gasteiger partial charge >= 0.3 is 0 Å². The Balaban J connectivity index is 2.52. The van der Waals surface area contributed by atoms with Gasteiger partial charge < -0.3 is 15.2 Å². The van der Waals surface area contributed by atoms with Crippen molar-refractivity contribution in [2.45, 2.75) is 26.1 Å². The molecule has 1 unspecified atom stereocenters. The maximum absolute atomic E-state index is 5.73. The first-order valence-corrected chi connectivity index (χ1v) is 5.24. The maximum atomic E-state index is 5.73. The lowest BCUT2D eigenvalue weighted by Crippen LogP contribution is -2.12. The van der Waals surface area contributed by atoms with Crippen molar-refractivity contribution < 1.29 is 9.47 Å². The van der Waals surface area contributed by atoms with Crippen LogP contribution in [0.1, 0.15) is 29.5 Å². The SMILES string of the molecule is COc1ccc2c(c1C(C)CN)COC2. The minimum Gasteiger partial charge on any atom is -0.496 e. The van der Waals surface area contributed by atoms with Crippen LogP contribution in [0.25, 0.3) is 0 Å². The predicted molar refractivity (Wildman–Crippen MR) is 59.0 cm³/mol. The fourth-order valence-electron chi connectivity index (χ4n) is 2.09. The third-order valence-electron chi connectivity index (χ3n) is 2.98. The van der Waals surface area contributed by atoms with Crippen LogP contribution in [0, 0.1) is 0 Å². The van der Waals surface area contributed by atoms with Crippen molar-refractivity contribution in [3.63, 3.8) is 0 Å². The summed E-state index contributed by atoms with van der Waals surface area (Å²) in [6.07, 6.45) is 0. The zero-order chi connectivity index (χ0) is 10.8. The molecule has 1 aromatic carbocycles. The second-order valence-electron chi connectivity index (χ2n) is 3.95. The molecule has 1 aliphatic heterocycles. The number of benzene rings is 1. The molecule has 0 spiro atoms.